The highest BCUT2D eigenvalue weighted by atomic mass is 16.4. The van der Waals surface area contributed by atoms with Gasteiger partial charge in [-0.05, 0) is 37.5 Å². The molecule has 1 spiro atoms. The van der Waals surface area contributed by atoms with Gasteiger partial charge in [-0.15, -0.1) is 0 Å². The smallest absolute Gasteiger partial charge is 0.319 e. The number of aliphatic carboxylic acids is 1. The first-order valence-electron chi connectivity index (χ1n) is 6.61. The first-order chi connectivity index (χ1) is 8.08. The molecule has 0 radical (unpaired) electrons. The van der Waals surface area contributed by atoms with Gasteiger partial charge in [-0.3, -0.25) is 9.59 Å². The Kier molecular flexibility index (Phi) is 2.25. The van der Waals surface area contributed by atoms with Crippen molar-refractivity contribution in [2.75, 3.05) is 13.1 Å². The Hall–Kier alpha value is -1.06. The lowest BCUT2D eigenvalue weighted by Gasteiger charge is -2.25. The van der Waals surface area contributed by atoms with E-state index in [0.29, 0.717) is 18.3 Å². The average Bonchev–Trinajstić information content (AvgIpc) is 2.84. The monoisotopic (exact) mass is 237 g/mol. The molecule has 0 unspecified atom stereocenters. The van der Waals surface area contributed by atoms with Crippen molar-refractivity contribution in [1.29, 1.82) is 0 Å². The van der Waals surface area contributed by atoms with Crippen molar-refractivity contribution in [1.82, 2.24) is 4.90 Å². The molecule has 0 aromatic carbocycles. The summed E-state index contributed by atoms with van der Waals surface area (Å²) >= 11 is 0. The van der Waals surface area contributed by atoms with Crippen LogP contribution >= 0.6 is 0 Å². The first-order valence-corrected chi connectivity index (χ1v) is 6.61. The van der Waals surface area contributed by atoms with Crippen molar-refractivity contribution in [3.63, 3.8) is 0 Å². The summed E-state index contributed by atoms with van der Waals surface area (Å²) in [6.07, 6.45) is 7.12. The van der Waals surface area contributed by atoms with E-state index in [1.165, 1.54) is 25.7 Å². The molecule has 3 aliphatic rings. The van der Waals surface area contributed by atoms with Gasteiger partial charge in [0, 0.05) is 13.1 Å². The van der Waals surface area contributed by atoms with E-state index in [9.17, 15) is 9.59 Å². The van der Waals surface area contributed by atoms with Crippen LogP contribution in [0, 0.1) is 10.8 Å². The molecule has 2 aliphatic carbocycles. The van der Waals surface area contributed by atoms with Crippen LogP contribution in [0.2, 0.25) is 0 Å². The number of carboxylic acid groups (broad SMARTS) is 1. The summed E-state index contributed by atoms with van der Waals surface area (Å²) in [6.45, 7) is 1.58. The van der Waals surface area contributed by atoms with E-state index >= 15 is 0 Å². The lowest BCUT2D eigenvalue weighted by atomic mass is 9.86. The van der Waals surface area contributed by atoms with Crippen molar-refractivity contribution < 1.29 is 14.7 Å². The average molecular weight is 237 g/mol. The largest absolute Gasteiger partial charge is 0.480 e. The summed E-state index contributed by atoms with van der Waals surface area (Å²) in [7, 11) is 0. The minimum absolute atomic E-state index is 0.117. The number of carbonyl (C=O) groups excluding carboxylic acids is 1. The third-order valence-corrected chi connectivity index (χ3v) is 4.96. The molecule has 2 saturated carbocycles. The highest BCUT2D eigenvalue weighted by Gasteiger charge is 2.59. The van der Waals surface area contributed by atoms with Crippen LogP contribution in [0.15, 0.2) is 0 Å². The summed E-state index contributed by atoms with van der Waals surface area (Å²) in [5.41, 5.74) is -0.700. The lowest BCUT2D eigenvalue weighted by molar-refractivity contribution is -0.153. The number of amides is 1. The number of hydrogen-bond acceptors (Lipinski definition) is 2. The molecule has 0 bridgehead atoms. The molecule has 3 fully saturated rings. The van der Waals surface area contributed by atoms with Gasteiger partial charge < -0.3 is 10.0 Å². The number of likely N-dealkylation sites (tertiary alicyclic amines) is 1. The Morgan fingerprint density at radius 3 is 2.18 bits per heavy atom. The van der Waals surface area contributed by atoms with Crippen LogP contribution in [-0.4, -0.2) is 35.0 Å². The number of carbonyl (C=O) groups is 2. The molecule has 1 heterocycles. The predicted molar refractivity (Wildman–Crippen MR) is 61.4 cm³/mol. The third-order valence-electron chi connectivity index (χ3n) is 4.96. The zero-order valence-corrected chi connectivity index (χ0v) is 10.1. The van der Waals surface area contributed by atoms with Gasteiger partial charge in [0.25, 0.3) is 0 Å². The fourth-order valence-corrected chi connectivity index (χ4v) is 3.59. The Morgan fingerprint density at radius 2 is 1.65 bits per heavy atom. The van der Waals surface area contributed by atoms with Crippen molar-refractivity contribution in [2.24, 2.45) is 10.8 Å². The van der Waals surface area contributed by atoms with Gasteiger partial charge in [-0.25, -0.2) is 0 Å². The molecule has 1 saturated heterocycles. The molecule has 0 atom stereocenters. The van der Waals surface area contributed by atoms with Crippen LogP contribution < -0.4 is 0 Å². The zero-order valence-electron chi connectivity index (χ0n) is 10.1. The van der Waals surface area contributed by atoms with Crippen LogP contribution in [-0.2, 0) is 9.59 Å². The van der Waals surface area contributed by atoms with E-state index in [4.69, 9.17) is 5.11 Å². The number of hydrogen-bond donors (Lipinski definition) is 1. The summed E-state index contributed by atoms with van der Waals surface area (Å²) in [5, 5.41) is 9.14. The van der Waals surface area contributed by atoms with Crippen molar-refractivity contribution in [3.05, 3.63) is 0 Å². The summed E-state index contributed by atoms with van der Waals surface area (Å²) in [6, 6.07) is 0. The van der Waals surface area contributed by atoms with E-state index in [1.54, 1.807) is 0 Å². The minimum Gasteiger partial charge on any atom is -0.480 e. The Bertz CT molecular complexity index is 367. The van der Waals surface area contributed by atoms with Gasteiger partial charge in [-0.1, -0.05) is 12.8 Å². The maximum absolute atomic E-state index is 12.3. The summed E-state index contributed by atoms with van der Waals surface area (Å²) < 4.78 is 0. The Balaban J connectivity index is 1.71. The van der Waals surface area contributed by atoms with Gasteiger partial charge in [0.05, 0.1) is 0 Å². The van der Waals surface area contributed by atoms with Gasteiger partial charge in [-0.2, -0.15) is 0 Å². The molecule has 0 aromatic rings. The quantitative estimate of drug-likeness (QED) is 0.743. The van der Waals surface area contributed by atoms with Gasteiger partial charge >= 0.3 is 5.97 Å². The van der Waals surface area contributed by atoms with Crippen LogP contribution in [0.5, 0.6) is 0 Å². The second kappa shape index (κ2) is 3.47. The molecule has 17 heavy (non-hydrogen) atoms. The topological polar surface area (TPSA) is 57.6 Å². The lowest BCUT2D eigenvalue weighted by Crippen LogP contribution is -2.40. The van der Waals surface area contributed by atoms with Gasteiger partial charge in [0.1, 0.15) is 5.41 Å². The molecule has 4 heteroatoms. The predicted octanol–water partition coefficient (Wildman–Crippen LogP) is 1.64. The van der Waals surface area contributed by atoms with E-state index < -0.39 is 11.4 Å². The summed E-state index contributed by atoms with van der Waals surface area (Å²) in [5.74, 6) is -1.04. The third kappa shape index (κ3) is 1.57. The normalized spacial score (nSPS) is 28.6. The maximum atomic E-state index is 12.3. The second-order valence-electron chi connectivity index (χ2n) is 6.07. The molecule has 1 aliphatic heterocycles. The molecule has 4 nitrogen and oxygen atoms in total. The molecule has 0 aromatic heterocycles. The standard InChI is InChI=1S/C13H19NO3/c15-10(13(5-6-13)11(16)17)14-8-7-12(9-14)3-1-2-4-12/h1-9H2,(H,16,17). The van der Waals surface area contributed by atoms with Crippen LogP contribution in [0.25, 0.3) is 0 Å². The minimum atomic E-state index is -1.04. The maximum Gasteiger partial charge on any atom is 0.319 e. The van der Waals surface area contributed by atoms with E-state index in [1.807, 2.05) is 4.90 Å². The van der Waals surface area contributed by atoms with Crippen molar-refractivity contribution in [2.45, 2.75) is 44.9 Å². The molecule has 94 valence electrons. The summed E-state index contributed by atoms with van der Waals surface area (Å²) in [4.78, 5) is 25.2. The zero-order chi connectivity index (χ0) is 12.1. The van der Waals surface area contributed by atoms with E-state index in [0.717, 1.165) is 19.5 Å². The number of nitrogens with zero attached hydrogens (tertiary/aromatic N) is 1. The molecule has 1 N–H and O–H groups in total. The molecule has 1 amide bonds. The van der Waals surface area contributed by atoms with Gasteiger partial charge in [0.15, 0.2) is 0 Å². The molecular weight excluding hydrogens is 218 g/mol. The van der Waals surface area contributed by atoms with Crippen molar-refractivity contribution in [3.8, 4) is 0 Å². The highest BCUT2D eigenvalue weighted by molar-refractivity contribution is 6.04. The second-order valence-corrected chi connectivity index (χ2v) is 6.07. The molecule has 3 rings (SSSR count). The van der Waals surface area contributed by atoms with Crippen molar-refractivity contribution >= 4 is 11.9 Å². The van der Waals surface area contributed by atoms with E-state index in [2.05, 4.69) is 0 Å². The highest BCUT2D eigenvalue weighted by Crippen LogP contribution is 2.51. The fourth-order valence-electron chi connectivity index (χ4n) is 3.59. The van der Waals surface area contributed by atoms with Crippen LogP contribution in [0.1, 0.15) is 44.9 Å². The molecular formula is C13H19NO3. The first kappa shape index (κ1) is 11.1. The Morgan fingerprint density at radius 1 is 1.00 bits per heavy atom. The van der Waals surface area contributed by atoms with Gasteiger partial charge in [0.2, 0.25) is 5.91 Å². The Labute approximate surface area is 101 Å². The number of rotatable bonds is 2. The van der Waals surface area contributed by atoms with E-state index in [-0.39, 0.29) is 5.91 Å². The SMILES string of the molecule is O=C(O)C1(C(=O)N2CCC3(CCCC3)C2)CC1. The van der Waals surface area contributed by atoms with Crippen LogP contribution in [0.3, 0.4) is 0 Å². The fraction of sp³-hybridized carbons (Fsp3) is 0.846. The number of carboxylic acids is 1. The van der Waals surface area contributed by atoms with Crippen LogP contribution in [0.4, 0.5) is 0 Å².